The van der Waals surface area contributed by atoms with Crippen molar-refractivity contribution in [1.82, 2.24) is 24.5 Å². The molecule has 0 saturated heterocycles. The Hall–Kier alpha value is -3.48. The van der Waals surface area contributed by atoms with Crippen molar-refractivity contribution in [1.29, 1.82) is 0 Å². The number of aromatic nitrogens is 5. The van der Waals surface area contributed by atoms with Crippen LogP contribution in [0.4, 0.5) is 5.69 Å². The SMILES string of the molecule is O=c1[nH]c2ncc(-c3ccncc3)nc2n1-c1ccc2c(c1)CCN2. The van der Waals surface area contributed by atoms with Gasteiger partial charge in [-0.25, -0.2) is 19.3 Å². The number of benzene rings is 1. The highest BCUT2D eigenvalue weighted by molar-refractivity contribution is 5.73. The van der Waals surface area contributed by atoms with E-state index in [0.29, 0.717) is 17.0 Å². The number of nitrogens with one attached hydrogen (secondary N) is 2. The highest BCUT2D eigenvalue weighted by Gasteiger charge is 2.16. The van der Waals surface area contributed by atoms with Crippen LogP contribution in [0.5, 0.6) is 0 Å². The van der Waals surface area contributed by atoms with E-state index < -0.39 is 0 Å². The molecule has 0 atom stereocenters. The van der Waals surface area contributed by atoms with Crippen LogP contribution >= 0.6 is 0 Å². The minimum absolute atomic E-state index is 0.243. The zero-order chi connectivity index (χ0) is 16.8. The average Bonchev–Trinajstić information content (AvgIpc) is 3.24. The molecular weight excluding hydrogens is 316 g/mol. The molecule has 0 saturated carbocycles. The largest absolute Gasteiger partial charge is 0.384 e. The molecule has 7 heteroatoms. The number of nitrogens with zero attached hydrogens (tertiary/aromatic N) is 4. The predicted octanol–water partition coefficient (Wildman–Crippen LogP) is 2.14. The molecule has 0 amide bonds. The Balaban J connectivity index is 1.72. The molecule has 5 rings (SSSR count). The van der Waals surface area contributed by atoms with Gasteiger partial charge in [0.15, 0.2) is 11.3 Å². The second-order valence-corrected chi connectivity index (χ2v) is 5.95. The molecule has 25 heavy (non-hydrogen) atoms. The smallest absolute Gasteiger partial charge is 0.333 e. The van der Waals surface area contributed by atoms with Gasteiger partial charge in [0.2, 0.25) is 0 Å². The van der Waals surface area contributed by atoms with Crippen molar-refractivity contribution in [2.45, 2.75) is 6.42 Å². The van der Waals surface area contributed by atoms with E-state index in [1.165, 1.54) is 5.56 Å². The Morgan fingerprint density at radius 3 is 2.88 bits per heavy atom. The molecule has 0 unspecified atom stereocenters. The van der Waals surface area contributed by atoms with Crippen LogP contribution in [0.1, 0.15) is 5.56 Å². The maximum Gasteiger partial charge on any atom is 0.333 e. The molecular formula is C18H14N6O. The van der Waals surface area contributed by atoms with Crippen molar-refractivity contribution in [3.8, 4) is 16.9 Å². The number of hydrogen-bond acceptors (Lipinski definition) is 5. The molecule has 0 bridgehead atoms. The van der Waals surface area contributed by atoms with Crippen LogP contribution in [0, 0.1) is 0 Å². The minimum Gasteiger partial charge on any atom is -0.384 e. The van der Waals surface area contributed by atoms with Crippen LogP contribution in [0.2, 0.25) is 0 Å². The Bertz CT molecular complexity index is 1150. The number of pyridine rings is 1. The summed E-state index contributed by atoms with van der Waals surface area (Å²) in [5.41, 5.74) is 5.48. The summed E-state index contributed by atoms with van der Waals surface area (Å²) < 4.78 is 1.58. The third-order valence-electron chi connectivity index (χ3n) is 4.43. The van der Waals surface area contributed by atoms with E-state index in [0.717, 1.165) is 29.9 Å². The van der Waals surface area contributed by atoms with E-state index in [1.54, 1.807) is 23.2 Å². The summed E-state index contributed by atoms with van der Waals surface area (Å²) in [5.74, 6) is 0. The highest BCUT2D eigenvalue weighted by atomic mass is 16.1. The van der Waals surface area contributed by atoms with Gasteiger partial charge < -0.3 is 5.32 Å². The molecule has 1 aliphatic heterocycles. The number of anilines is 1. The Morgan fingerprint density at radius 1 is 1.12 bits per heavy atom. The molecule has 3 aromatic heterocycles. The molecule has 0 radical (unpaired) electrons. The van der Waals surface area contributed by atoms with Gasteiger partial charge in [-0.2, -0.15) is 0 Å². The van der Waals surface area contributed by atoms with Crippen LogP contribution in [0.3, 0.4) is 0 Å². The van der Waals surface area contributed by atoms with Gasteiger partial charge in [-0.05, 0) is 42.3 Å². The maximum atomic E-state index is 12.5. The summed E-state index contributed by atoms with van der Waals surface area (Å²) in [6.07, 6.45) is 6.02. The van der Waals surface area contributed by atoms with E-state index in [1.807, 2.05) is 30.3 Å². The quantitative estimate of drug-likeness (QED) is 0.588. The van der Waals surface area contributed by atoms with E-state index in [2.05, 4.69) is 25.3 Å². The van der Waals surface area contributed by atoms with Crippen LogP contribution in [0.15, 0.2) is 53.7 Å². The predicted molar refractivity (Wildman–Crippen MR) is 94.9 cm³/mol. The van der Waals surface area contributed by atoms with Crippen LogP contribution < -0.4 is 11.0 Å². The zero-order valence-corrected chi connectivity index (χ0v) is 13.2. The standard InChI is InChI=1S/C18H14N6O/c25-18-23-16-17(22-15(10-21-16)11-3-6-19-7-4-11)24(18)13-1-2-14-12(9-13)5-8-20-14/h1-4,6-7,9-10,20H,5,8H2,(H,21,23,25). The first kappa shape index (κ1) is 13.9. The van der Waals surface area contributed by atoms with Crippen LogP contribution in [0.25, 0.3) is 28.2 Å². The van der Waals surface area contributed by atoms with Gasteiger partial charge in [-0.1, -0.05) is 0 Å². The molecule has 0 fully saturated rings. The molecule has 4 heterocycles. The first-order valence-electron chi connectivity index (χ1n) is 8.05. The van der Waals surface area contributed by atoms with Crippen molar-refractivity contribution >= 4 is 17.0 Å². The second-order valence-electron chi connectivity index (χ2n) is 5.95. The monoisotopic (exact) mass is 330 g/mol. The molecule has 7 nitrogen and oxygen atoms in total. The van der Waals surface area contributed by atoms with Crippen molar-refractivity contribution in [2.24, 2.45) is 0 Å². The molecule has 0 spiro atoms. The third kappa shape index (κ3) is 2.20. The van der Waals surface area contributed by atoms with Gasteiger partial charge >= 0.3 is 5.69 Å². The second kappa shape index (κ2) is 5.27. The minimum atomic E-state index is -0.243. The van der Waals surface area contributed by atoms with Crippen LogP contribution in [-0.4, -0.2) is 31.0 Å². The van der Waals surface area contributed by atoms with Crippen LogP contribution in [-0.2, 0) is 6.42 Å². The Morgan fingerprint density at radius 2 is 2.00 bits per heavy atom. The van der Waals surface area contributed by atoms with Gasteiger partial charge in [0.1, 0.15) is 0 Å². The van der Waals surface area contributed by atoms with Gasteiger partial charge in [0.05, 0.1) is 17.6 Å². The van der Waals surface area contributed by atoms with Gasteiger partial charge in [0, 0.05) is 30.2 Å². The first-order valence-corrected chi connectivity index (χ1v) is 8.05. The molecule has 0 aliphatic carbocycles. The van der Waals surface area contributed by atoms with E-state index in [-0.39, 0.29) is 5.69 Å². The molecule has 122 valence electrons. The van der Waals surface area contributed by atoms with Crippen molar-refractivity contribution < 1.29 is 0 Å². The summed E-state index contributed by atoms with van der Waals surface area (Å²) in [6, 6.07) is 9.69. The zero-order valence-electron chi connectivity index (χ0n) is 13.2. The lowest BCUT2D eigenvalue weighted by Crippen LogP contribution is -2.15. The van der Waals surface area contributed by atoms with Crippen molar-refractivity contribution in [2.75, 3.05) is 11.9 Å². The third-order valence-corrected chi connectivity index (χ3v) is 4.43. The fourth-order valence-electron chi connectivity index (χ4n) is 3.21. The fraction of sp³-hybridized carbons (Fsp3) is 0.111. The molecule has 2 N–H and O–H groups in total. The summed E-state index contributed by atoms with van der Waals surface area (Å²) in [4.78, 5) is 28.3. The van der Waals surface area contributed by atoms with E-state index in [9.17, 15) is 4.79 Å². The lowest BCUT2D eigenvalue weighted by Gasteiger charge is -2.06. The fourth-order valence-corrected chi connectivity index (χ4v) is 3.21. The molecule has 4 aromatic rings. The number of H-pyrrole nitrogens is 1. The molecule has 1 aliphatic rings. The van der Waals surface area contributed by atoms with Crippen molar-refractivity contribution in [3.63, 3.8) is 0 Å². The van der Waals surface area contributed by atoms with Gasteiger partial charge in [-0.15, -0.1) is 0 Å². The molecule has 1 aromatic carbocycles. The summed E-state index contributed by atoms with van der Waals surface area (Å²) in [7, 11) is 0. The van der Waals surface area contributed by atoms with Gasteiger partial charge in [0.25, 0.3) is 0 Å². The van der Waals surface area contributed by atoms with Gasteiger partial charge in [-0.3, -0.25) is 9.97 Å². The topological polar surface area (TPSA) is 88.5 Å². The summed E-state index contributed by atoms with van der Waals surface area (Å²) in [5, 5.41) is 3.33. The number of hydrogen-bond donors (Lipinski definition) is 2. The Labute approximate surface area is 142 Å². The first-order chi connectivity index (χ1) is 12.3. The number of rotatable bonds is 2. The number of aromatic amines is 1. The Kier molecular flexibility index (Phi) is 2.93. The lowest BCUT2D eigenvalue weighted by atomic mass is 10.1. The summed E-state index contributed by atoms with van der Waals surface area (Å²) >= 11 is 0. The van der Waals surface area contributed by atoms with Crippen molar-refractivity contribution in [3.05, 3.63) is 65.0 Å². The maximum absolute atomic E-state index is 12.5. The van der Waals surface area contributed by atoms with E-state index in [4.69, 9.17) is 0 Å². The number of fused-ring (bicyclic) bond motifs is 2. The average molecular weight is 330 g/mol. The normalized spacial score (nSPS) is 13.0. The lowest BCUT2D eigenvalue weighted by molar-refractivity contribution is 0.995. The van der Waals surface area contributed by atoms with E-state index >= 15 is 0 Å². The summed E-state index contributed by atoms with van der Waals surface area (Å²) in [6.45, 7) is 0.924. The highest BCUT2D eigenvalue weighted by Crippen LogP contribution is 2.25. The number of imidazole rings is 1.